The summed E-state index contributed by atoms with van der Waals surface area (Å²) in [5, 5.41) is 6.50. The molecule has 3 rings (SSSR count). The van der Waals surface area contributed by atoms with Crippen LogP contribution in [0.4, 0.5) is 10.1 Å². The van der Waals surface area contributed by atoms with Gasteiger partial charge in [-0.05, 0) is 29.8 Å². The zero-order valence-corrected chi connectivity index (χ0v) is 13.1. The van der Waals surface area contributed by atoms with E-state index in [2.05, 4.69) is 10.6 Å². The van der Waals surface area contributed by atoms with Crippen molar-refractivity contribution in [1.29, 1.82) is 0 Å². The molecule has 0 unspecified atom stereocenters. The second-order valence-corrected chi connectivity index (χ2v) is 5.74. The highest BCUT2D eigenvalue weighted by Gasteiger charge is 2.22. The lowest BCUT2D eigenvalue weighted by Gasteiger charge is -2.11. The van der Waals surface area contributed by atoms with Crippen LogP contribution in [0.1, 0.15) is 11.1 Å². The van der Waals surface area contributed by atoms with Crippen molar-refractivity contribution in [3.8, 4) is 5.75 Å². The normalized spacial score (nSPS) is 12.9. The largest absolute Gasteiger partial charge is 0.492 e. The number of halogens is 2. The van der Waals surface area contributed by atoms with Gasteiger partial charge in [-0.2, -0.15) is 0 Å². The average Bonchev–Trinajstić information content (AvgIpc) is 2.89. The Morgan fingerprint density at radius 2 is 2.04 bits per heavy atom. The fourth-order valence-corrected chi connectivity index (χ4v) is 2.67. The van der Waals surface area contributed by atoms with Gasteiger partial charge in [0.25, 0.3) is 0 Å². The topological polar surface area (TPSA) is 50.4 Å². The van der Waals surface area contributed by atoms with Crippen molar-refractivity contribution >= 4 is 23.2 Å². The molecule has 4 nitrogen and oxygen atoms in total. The maximum atomic E-state index is 12.8. The summed E-state index contributed by atoms with van der Waals surface area (Å²) >= 11 is 6.03. The molecule has 0 atom stereocenters. The van der Waals surface area contributed by atoms with Gasteiger partial charge in [0.1, 0.15) is 18.2 Å². The smallest absolute Gasteiger partial charge is 0.229 e. The van der Waals surface area contributed by atoms with Gasteiger partial charge in [-0.25, -0.2) is 4.39 Å². The number of hydrogen-bond acceptors (Lipinski definition) is 3. The first-order chi connectivity index (χ1) is 11.1. The van der Waals surface area contributed by atoms with Crippen LogP contribution in [0.25, 0.3) is 0 Å². The van der Waals surface area contributed by atoms with E-state index in [0.717, 1.165) is 16.8 Å². The maximum absolute atomic E-state index is 12.8. The van der Waals surface area contributed by atoms with Crippen LogP contribution in [0.15, 0.2) is 36.4 Å². The molecule has 0 saturated heterocycles. The van der Waals surface area contributed by atoms with Crippen LogP contribution in [-0.2, 0) is 17.8 Å². The molecule has 0 fully saturated rings. The quantitative estimate of drug-likeness (QED) is 0.798. The van der Waals surface area contributed by atoms with Gasteiger partial charge in [0, 0.05) is 29.4 Å². The Bertz CT molecular complexity index is 719. The number of hydrogen-bond donors (Lipinski definition) is 2. The molecule has 120 valence electrons. The van der Waals surface area contributed by atoms with Crippen LogP contribution in [0.5, 0.6) is 5.75 Å². The van der Waals surface area contributed by atoms with Crippen molar-refractivity contribution in [2.75, 3.05) is 18.5 Å². The second-order valence-electron chi connectivity index (χ2n) is 5.31. The Labute approximate surface area is 138 Å². The Morgan fingerprint density at radius 1 is 1.26 bits per heavy atom. The number of ether oxygens (including phenoxy) is 1. The molecule has 0 bridgehead atoms. The average molecular weight is 335 g/mol. The van der Waals surface area contributed by atoms with Gasteiger partial charge >= 0.3 is 0 Å². The van der Waals surface area contributed by atoms with E-state index in [9.17, 15) is 9.18 Å². The number of amides is 1. The maximum Gasteiger partial charge on any atom is 0.229 e. The molecule has 1 aliphatic rings. The monoisotopic (exact) mass is 334 g/mol. The third-order valence-electron chi connectivity index (χ3n) is 3.56. The first-order valence-corrected chi connectivity index (χ1v) is 7.70. The number of benzene rings is 2. The highest BCUT2D eigenvalue weighted by Crippen LogP contribution is 2.35. The lowest BCUT2D eigenvalue weighted by Crippen LogP contribution is -2.20. The minimum Gasteiger partial charge on any atom is -0.492 e. The summed E-state index contributed by atoms with van der Waals surface area (Å²) < 4.78 is 18.5. The lowest BCUT2D eigenvalue weighted by atomic mass is 10.1. The minimum atomic E-state index is -0.241. The zero-order valence-electron chi connectivity index (χ0n) is 12.4. The predicted molar refractivity (Wildman–Crippen MR) is 87.4 cm³/mol. The molecule has 1 aliphatic heterocycles. The molecule has 2 aromatic rings. The molecular weight excluding hydrogens is 319 g/mol. The highest BCUT2D eigenvalue weighted by atomic mass is 35.5. The molecule has 1 heterocycles. The van der Waals surface area contributed by atoms with Gasteiger partial charge in [-0.1, -0.05) is 23.7 Å². The molecule has 1 amide bonds. The van der Waals surface area contributed by atoms with Crippen molar-refractivity contribution < 1.29 is 13.9 Å². The van der Waals surface area contributed by atoms with Crippen molar-refractivity contribution in [2.45, 2.75) is 13.0 Å². The van der Waals surface area contributed by atoms with E-state index in [4.69, 9.17) is 16.3 Å². The fraction of sp³-hybridized carbons (Fsp3) is 0.235. The molecule has 0 saturated carbocycles. The van der Waals surface area contributed by atoms with Crippen LogP contribution < -0.4 is 15.4 Å². The van der Waals surface area contributed by atoms with Crippen molar-refractivity contribution in [1.82, 2.24) is 5.32 Å². The Balaban J connectivity index is 1.50. The third-order valence-corrected chi connectivity index (χ3v) is 3.78. The molecular formula is C17H16ClFN2O2. The van der Waals surface area contributed by atoms with Crippen molar-refractivity contribution in [3.63, 3.8) is 0 Å². The van der Waals surface area contributed by atoms with Gasteiger partial charge in [0.05, 0.1) is 6.42 Å². The van der Waals surface area contributed by atoms with Gasteiger partial charge in [0.2, 0.25) is 5.91 Å². The summed E-state index contributed by atoms with van der Waals surface area (Å²) in [7, 11) is 0. The number of anilines is 1. The number of carbonyl (C=O) groups excluding carboxylic acids is 1. The van der Waals surface area contributed by atoms with Crippen LogP contribution in [0, 0.1) is 5.82 Å². The zero-order chi connectivity index (χ0) is 16.2. The van der Waals surface area contributed by atoms with E-state index in [-0.39, 0.29) is 11.7 Å². The number of fused-ring (bicyclic) bond motifs is 1. The predicted octanol–water partition coefficient (Wildman–Crippen LogP) is 3.14. The highest BCUT2D eigenvalue weighted by molar-refractivity contribution is 6.31. The molecule has 0 aromatic heterocycles. The van der Waals surface area contributed by atoms with Crippen molar-refractivity contribution in [3.05, 3.63) is 58.4 Å². The number of carbonyl (C=O) groups is 1. The molecule has 2 N–H and O–H groups in total. The van der Waals surface area contributed by atoms with Crippen molar-refractivity contribution in [2.24, 2.45) is 0 Å². The first-order valence-electron chi connectivity index (χ1n) is 7.32. The van der Waals surface area contributed by atoms with Crippen LogP contribution in [0.2, 0.25) is 5.02 Å². The lowest BCUT2D eigenvalue weighted by molar-refractivity contribution is -0.115. The van der Waals surface area contributed by atoms with Gasteiger partial charge in [0.15, 0.2) is 0 Å². The summed E-state index contributed by atoms with van der Waals surface area (Å²) in [4.78, 5) is 11.5. The molecule has 0 aliphatic carbocycles. The van der Waals surface area contributed by atoms with E-state index in [1.54, 1.807) is 24.3 Å². The third kappa shape index (κ3) is 4.00. The molecule has 23 heavy (non-hydrogen) atoms. The van der Waals surface area contributed by atoms with E-state index < -0.39 is 0 Å². The Kier molecular flexibility index (Phi) is 4.79. The Morgan fingerprint density at radius 3 is 2.83 bits per heavy atom. The fourth-order valence-electron chi connectivity index (χ4n) is 2.46. The summed E-state index contributed by atoms with van der Waals surface area (Å²) in [6.07, 6.45) is 0.310. The van der Waals surface area contributed by atoms with Crippen LogP contribution >= 0.6 is 11.6 Å². The van der Waals surface area contributed by atoms with E-state index >= 15 is 0 Å². The van der Waals surface area contributed by atoms with Gasteiger partial charge < -0.3 is 15.4 Å². The summed E-state index contributed by atoms with van der Waals surface area (Å²) in [6.45, 7) is 1.71. The number of nitrogens with one attached hydrogen (secondary N) is 2. The standard InChI is InChI=1S/C17H16ClFN2O2/c18-12-7-15-14(9-17(22)21-15)16(8-12)23-6-5-20-10-11-1-3-13(19)4-2-11/h1-4,7-8,20H,5-6,9-10H2,(H,21,22). The van der Waals surface area contributed by atoms with E-state index in [1.165, 1.54) is 12.1 Å². The summed E-state index contributed by atoms with van der Waals surface area (Å²) in [5.41, 5.74) is 2.57. The van der Waals surface area contributed by atoms with E-state index in [1.807, 2.05) is 0 Å². The Hall–Kier alpha value is -2.11. The second kappa shape index (κ2) is 6.98. The molecule has 0 spiro atoms. The SMILES string of the molecule is O=C1Cc2c(cc(Cl)cc2OCCNCc2ccc(F)cc2)N1. The first kappa shape index (κ1) is 15.8. The molecule has 6 heteroatoms. The summed E-state index contributed by atoms with van der Waals surface area (Å²) in [6, 6.07) is 9.80. The van der Waals surface area contributed by atoms with Crippen LogP contribution in [0.3, 0.4) is 0 Å². The minimum absolute atomic E-state index is 0.0541. The summed E-state index contributed by atoms with van der Waals surface area (Å²) in [5.74, 6) is 0.339. The molecule has 2 aromatic carbocycles. The molecule has 0 radical (unpaired) electrons. The van der Waals surface area contributed by atoms with Crippen LogP contribution in [-0.4, -0.2) is 19.1 Å². The van der Waals surface area contributed by atoms with E-state index in [0.29, 0.717) is 36.9 Å². The van der Waals surface area contributed by atoms with Gasteiger partial charge in [-0.15, -0.1) is 0 Å². The van der Waals surface area contributed by atoms with Gasteiger partial charge in [-0.3, -0.25) is 4.79 Å². The number of rotatable bonds is 6.